The van der Waals surface area contributed by atoms with Crippen LogP contribution in [0.5, 0.6) is 5.75 Å². The van der Waals surface area contributed by atoms with E-state index in [1.54, 1.807) is 7.11 Å². The van der Waals surface area contributed by atoms with E-state index in [0.717, 1.165) is 31.1 Å². The Bertz CT molecular complexity index is 466. The Labute approximate surface area is 106 Å². The van der Waals surface area contributed by atoms with Crippen LogP contribution in [0, 0.1) is 5.92 Å². The molecule has 0 bridgehead atoms. The van der Waals surface area contributed by atoms with Gasteiger partial charge in [0.1, 0.15) is 5.75 Å². The number of anilines is 1. The van der Waals surface area contributed by atoms with Gasteiger partial charge in [0, 0.05) is 24.8 Å². The number of fused-ring (bicyclic) bond motifs is 1. The van der Waals surface area contributed by atoms with Crippen molar-refractivity contribution >= 4 is 11.6 Å². The summed E-state index contributed by atoms with van der Waals surface area (Å²) in [6, 6.07) is 5.92. The van der Waals surface area contributed by atoms with E-state index in [4.69, 9.17) is 9.47 Å². The second-order valence-corrected chi connectivity index (χ2v) is 4.94. The summed E-state index contributed by atoms with van der Waals surface area (Å²) in [5.74, 6) is 1.61. The van der Waals surface area contributed by atoms with Crippen molar-refractivity contribution in [3.63, 3.8) is 0 Å². The van der Waals surface area contributed by atoms with Crippen LogP contribution in [-0.4, -0.2) is 26.2 Å². The molecular formula is C14H17NO3. The van der Waals surface area contributed by atoms with Crippen molar-refractivity contribution in [2.45, 2.75) is 18.8 Å². The second kappa shape index (κ2) is 4.61. The normalized spacial score (nSPS) is 26.6. The van der Waals surface area contributed by atoms with Crippen LogP contribution < -0.4 is 10.1 Å². The van der Waals surface area contributed by atoms with Gasteiger partial charge < -0.3 is 14.8 Å². The van der Waals surface area contributed by atoms with Crippen molar-refractivity contribution in [1.29, 1.82) is 0 Å². The Balaban J connectivity index is 1.96. The lowest BCUT2D eigenvalue weighted by Gasteiger charge is -2.29. The maximum atomic E-state index is 11.8. The van der Waals surface area contributed by atoms with Gasteiger partial charge in [-0.2, -0.15) is 0 Å². The van der Waals surface area contributed by atoms with Crippen molar-refractivity contribution in [3.05, 3.63) is 23.8 Å². The molecule has 0 radical (unpaired) electrons. The Kier molecular flexibility index (Phi) is 2.96. The first-order valence-corrected chi connectivity index (χ1v) is 6.33. The van der Waals surface area contributed by atoms with E-state index in [-0.39, 0.29) is 11.8 Å². The van der Waals surface area contributed by atoms with Gasteiger partial charge in [0.25, 0.3) is 0 Å². The van der Waals surface area contributed by atoms with E-state index in [1.807, 2.05) is 12.1 Å². The zero-order valence-electron chi connectivity index (χ0n) is 10.4. The standard InChI is InChI=1S/C14H17NO3/c1-17-10-2-3-11-12(9-4-5-18-8-9)7-14(16)15-13(11)6-10/h2-3,6,9,12H,4-5,7-8H2,1H3,(H,15,16). The minimum absolute atomic E-state index is 0.0904. The van der Waals surface area contributed by atoms with Crippen molar-refractivity contribution in [3.8, 4) is 5.75 Å². The molecule has 0 spiro atoms. The molecule has 1 N–H and O–H groups in total. The minimum atomic E-state index is 0.0904. The van der Waals surface area contributed by atoms with Gasteiger partial charge in [-0.05, 0) is 29.9 Å². The van der Waals surface area contributed by atoms with Crippen LogP contribution in [0.3, 0.4) is 0 Å². The van der Waals surface area contributed by atoms with Crippen LogP contribution in [0.4, 0.5) is 5.69 Å². The lowest BCUT2D eigenvalue weighted by atomic mass is 9.80. The summed E-state index contributed by atoms with van der Waals surface area (Å²) < 4.78 is 10.6. The van der Waals surface area contributed by atoms with Gasteiger partial charge >= 0.3 is 0 Å². The molecule has 0 saturated carbocycles. The molecule has 4 heteroatoms. The summed E-state index contributed by atoms with van der Waals surface area (Å²) in [4.78, 5) is 11.8. The number of hydrogen-bond acceptors (Lipinski definition) is 3. The molecule has 2 unspecified atom stereocenters. The fraction of sp³-hybridized carbons (Fsp3) is 0.500. The zero-order chi connectivity index (χ0) is 12.5. The third kappa shape index (κ3) is 1.97. The number of amides is 1. The molecule has 18 heavy (non-hydrogen) atoms. The highest BCUT2D eigenvalue weighted by Crippen LogP contribution is 2.41. The molecule has 1 fully saturated rings. The van der Waals surface area contributed by atoms with Crippen LogP contribution in [-0.2, 0) is 9.53 Å². The SMILES string of the molecule is COc1ccc2c(c1)NC(=O)CC2C1CCOC1. The number of carbonyl (C=O) groups excluding carboxylic acids is 1. The first-order valence-electron chi connectivity index (χ1n) is 6.33. The molecule has 4 nitrogen and oxygen atoms in total. The Morgan fingerprint density at radius 3 is 3.06 bits per heavy atom. The van der Waals surface area contributed by atoms with Gasteiger partial charge in [-0.25, -0.2) is 0 Å². The number of hydrogen-bond donors (Lipinski definition) is 1. The molecule has 96 valence electrons. The number of ether oxygens (including phenoxy) is 2. The molecule has 2 atom stereocenters. The van der Waals surface area contributed by atoms with Crippen molar-refractivity contribution in [1.82, 2.24) is 0 Å². The zero-order valence-corrected chi connectivity index (χ0v) is 10.4. The fourth-order valence-corrected chi connectivity index (χ4v) is 2.90. The molecule has 3 rings (SSSR count). The predicted octanol–water partition coefficient (Wildman–Crippen LogP) is 2.16. The lowest BCUT2D eigenvalue weighted by Crippen LogP contribution is -2.27. The van der Waals surface area contributed by atoms with Crippen molar-refractivity contribution < 1.29 is 14.3 Å². The van der Waals surface area contributed by atoms with Gasteiger partial charge in [0.05, 0.1) is 13.7 Å². The maximum absolute atomic E-state index is 11.8. The van der Waals surface area contributed by atoms with Crippen molar-refractivity contribution in [2.75, 3.05) is 25.6 Å². The van der Waals surface area contributed by atoms with Crippen LogP contribution in [0.2, 0.25) is 0 Å². The number of nitrogens with one attached hydrogen (secondary N) is 1. The summed E-state index contributed by atoms with van der Waals surface area (Å²) in [5, 5.41) is 2.93. The Hall–Kier alpha value is -1.55. The second-order valence-electron chi connectivity index (χ2n) is 4.94. The average Bonchev–Trinajstić information content (AvgIpc) is 2.90. The van der Waals surface area contributed by atoms with Crippen LogP contribution in [0.25, 0.3) is 0 Å². The molecule has 2 heterocycles. The minimum Gasteiger partial charge on any atom is -0.497 e. The number of methoxy groups -OCH3 is 1. The van der Waals surface area contributed by atoms with E-state index in [9.17, 15) is 4.79 Å². The van der Waals surface area contributed by atoms with Gasteiger partial charge in [0.15, 0.2) is 0 Å². The quantitative estimate of drug-likeness (QED) is 0.871. The third-order valence-corrected chi connectivity index (χ3v) is 3.87. The summed E-state index contributed by atoms with van der Waals surface area (Å²) in [7, 11) is 1.63. The largest absolute Gasteiger partial charge is 0.497 e. The molecule has 1 saturated heterocycles. The van der Waals surface area contributed by atoms with Crippen LogP contribution in [0.1, 0.15) is 24.3 Å². The van der Waals surface area contributed by atoms with E-state index >= 15 is 0 Å². The summed E-state index contributed by atoms with van der Waals surface area (Å²) in [6.07, 6.45) is 1.61. The van der Waals surface area contributed by atoms with E-state index in [2.05, 4.69) is 11.4 Å². The molecule has 1 amide bonds. The van der Waals surface area contributed by atoms with E-state index < -0.39 is 0 Å². The van der Waals surface area contributed by atoms with E-state index in [0.29, 0.717) is 12.3 Å². The molecule has 1 aromatic rings. The summed E-state index contributed by atoms with van der Waals surface area (Å²) in [6.45, 7) is 1.58. The van der Waals surface area contributed by atoms with Gasteiger partial charge in [-0.3, -0.25) is 4.79 Å². The summed E-state index contributed by atoms with van der Waals surface area (Å²) >= 11 is 0. The fourth-order valence-electron chi connectivity index (χ4n) is 2.90. The topological polar surface area (TPSA) is 47.6 Å². The first kappa shape index (κ1) is 11.5. The highest BCUT2D eigenvalue weighted by Gasteiger charge is 2.33. The van der Waals surface area contributed by atoms with Gasteiger partial charge in [-0.15, -0.1) is 0 Å². The van der Waals surface area contributed by atoms with Gasteiger partial charge in [0.2, 0.25) is 5.91 Å². The Morgan fingerprint density at radius 2 is 2.33 bits per heavy atom. The highest BCUT2D eigenvalue weighted by atomic mass is 16.5. The predicted molar refractivity (Wildman–Crippen MR) is 67.9 cm³/mol. The molecule has 2 aliphatic rings. The average molecular weight is 247 g/mol. The van der Waals surface area contributed by atoms with Crippen LogP contribution >= 0.6 is 0 Å². The molecule has 2 aliphatic heterocycles. The van der Waals surface area contributed by atoms with Crippen LogP contribution in [0.15, 0.2) is 18.2 Å². The van der Waals surface area contributed by atoms with E-state index in [1.165, 1.54) is 5.56 Å². The Morgan fingerprint density at radius 1 is 1.44 bits per heavy atom. The molecule has 1 aromatic carbocycles. The molecule has 0 aromatic heterocycles. The smallest absolute Gasteiger partial charge is 0.225 e. The third-order valence-electron chi connectivity index (χ3n) is 3.87. The van der Waals surface area contributed by atoms with Crippen molar-refractivity contribution in [2.24, 2.45) is 5.92 Å². The number of rotatable bonds is 2. The number of benzene rings is 1. The maximum Gasteiger partial charge on any atom is 0.225 e. The lowest BCUT2D eigenvalue weighted by molar-refractivity contribution is -0.117. The van der Waals surface area contributed by atoms with Gasteiger partial charge in [-0.1, -0.05) is 6.07 Å². The molecular weight excluding hydrogens is 230 g/mol. The summed E-state index contributed by atoms with van der Waals surface area (Å²) in [5.41, 5.74) is 2.11. The monoisotopic (exact) mass is 247 g/mol. The molecule has 0 aliphatic carbocycles. The first-order chi connectivity index (χ1) is 8.78. The highest BCUT2D eigenvalue weighted by molar-refractivity contribution is 5.95. The number of carbonyl (C=O) groups is 1.